The van der Waals surface area contributed by atoms with Crippen LogP contribution in [0.1, 0.15) is 27.0 Å². The van der Waals surface area contributed by atoms with Gasteiger partial charge in [-0.1, -0.05) is 0 Å². The first-order valence-corrected chi connectivity index (χ1v) is 6.91. The molecule has 0 atom stereocenters. The van der Waals surface area contributed by atoms with E-state index >= 15 is 0 Å². The summed E-state index contributed by atoms with van der Waals surface area (Å²) in [7, 11) is 3.56. The second-order valence-corrected chi connectivity index (χ2v) is 5.46. The summed E-state index contributed by atoms with van der Waals surface area (Å²) < 4.78 is 14.2. The Morgan fingerprint density at radius 1 is 1.00 bits per heavy atom. The van der Waals surface area contributed by atoms with Crippen molar-refractivity contribution in [2.24, 2.45) is 5.41 Å². The fraction of sp³-hybridized carbons (Fsp3) is 0.438. The quantitative estimate of drug-likeness (QED) is 0.502. The summed E-state index contributed by atoms with van der Waals surface area (Å²) in [6, 6.07) is 1.41. The van der Waals surface area contributed by atoms with E-state index in [1.165, 1.54) is 27.4 Å². The molecule has 0 heterocycles. The second-order valence-electron chi connectivity index (χ2n) is 5.46. The van der Waals surface area contributed by atoms with Crippen molar-refractivity contribution in [2.45, 2.75) is 19.8 Å². The highest BCUT2D eigenvalue weighted by Gasteiger charge is 2.54. The SMILES string of the molecule is COC(=O)c1c(O)cc(C)c2c1CC(C(=O)OC)(C(=O)OC)C2. The number of methoxy groups -OCH3 is 3. The Bertz CT molecular complexity index is 674. The number of ether oxygens (including phenoxy) is 3. The van der Waals surface area contributed by atoms with E-state index in [0.717, 1.165) is 0 Å². The van der Waals surface area contributed by atoms with E-state index in [0.29, 0.717) is 16.7 Å². The van der Waals surface area contributed by atoms with Crippen molar-refractivity contribution in [2.75, 3.05) is 21.3 Å². The van der Waals surface area contributed by atoms with Gasteiger partial charge in [0.2, 0.25) is 0 Å². The Labute approximate surface area is 133 Å². The number of phenolic OH excluding ortho intramolecular Hbond substituents is 1. The van der Waals surface area contributed by atoms with Crippen LogP contribution >= 0.6 is 0 Å². The van der Waals surface area contributed by atoms with Crippen LogP contribution in [0.25, 0.3) is 0 Å². The topological polar surface area (TPSA) is 99.1 Å². The molecule has 0 spiro atoms. The summed E-state index contributed by atoms with van der Waals surface area (Å²) in [5, 5.41) is 10.1. The van der Waals surface area contributed by atoms with E-state index in [9.17, 15) is 19.5 Å². The number of aryl methyl sites for hydroxylation is 1. The average Bonchev–Trinajstić information content (AvgIpc) is 2.95. The molecule has 0 radical (unpaired) electrons. The molecule has 0 fully saturated rings. The standard InChI is InChI=1S/C16H18O7/c1-8-5-11(17)12(13(18)21-2)10-7-16(6-9(8)10,14(19)22-3)15(20)23-4/h5,17H,6-7H2,1-4H3. The minimum Gasteiger partial charge on any atom is -0.507 e. The van der Waals surface area contributed by atoms with E-state index in [1.807, 2.05) is 0 Å². The fourth-order valence-corrected chi connectivity index (χ4v) is 3.11. The second kappa shape index (κ2) is 5.91. The van der Waals surface area contributed by atoms with E-state index < -0.39 is 23.3 Å². The van der Waals surface area contributed by atoms with Gasteiger partial charge in [-0.2, -0.15) is 0 Å². The molecule has 0 unspecified atom stereocenters. The maximum atomic E-state index is 12.3. The number of rotatable bonds is 3. The van der Waals surface area contributed by atoms with Crippen LogP contribution in [0.5, 0.6) is 5.75 Å². The van der Waals surface area contributed by atoms with Gasteiger partial charge < -0.3 is 19.3 Å². The molecule has 0 saturated heterocycles. The largest absolute Gasteiger partial charge is 0.507 e. The Hall–Kier alpha value is -2.57. The molecule has 124 valence electrons. The van der Waals surface area contributed by atoms with Crippen LogP contribution in [0.15, 0.2) is 6.07 Å². The zero-order valence-corrected chi connectivity index (χ0v) is 13.4. The zero-order chi connectivity index (χ0) is 17.4. The summed E-state index contributed by atoms with van der Waals surface area (Å²) in [5.74, 6) is -2.46. The molecule has 0 saturated carbocycles. The number of benzene rings is 1. The lowest BCUT2D eigenvalue weighted by atomic mass is 9.84. The molecule has 7 heteroatoms. The molecule has 1 aromatic rings. The van der Waals surface area contributed by atoms with Crippen LogP contribution in [0.3, 0.4) is 0 Å². The minimum atomic E-state index is -1.56. The summed E-state index contributed by atoms with van der Waals surface area (Å²) in [6.45, 7) is 1.73. The van der Waals surface area contributed by atoms with E-state index in [-0.39, 0.29) is 24.2 Å². The van der Waals surface area contributed by atoms with Gasteiger partial charge in [-0.25, -0.2) is 4.79 Å². The fourth-order valence-electron chi connectivity index (χ4n) is 3.11. The highest BCUT2D eigenvalue weighted by molar-refractivity contribution is 6.03. The molecule has 1 N–H and O–H groups in total. The van der Waals surface area contributed by atoms with Gasteiger partial charge in [0, 0.05) is 12.8 Å². The lowest BCUT2D eigenvalue weighted by Gasteiger charge is -2.22. The van der Waals surface area contributed by atoms with Crippen molar-refractivity contribution >= 4 is 17.9 Å². The maximum Gasteiger partial charge on any atom is 0.341 e. The lowest BCUT2D eigenvalue weighted by molar-refractivity contribution is -0.168. The number of aromatic hydroxyl groups is 1. The number of carbonyl (C=O) groups is 3. The Morgan fingerprint density at radius 2 is 1.52 bits per heavy atom. The first kappa shape index (κ1) is 16.8. The summed E-state index contributed by atoms with van der Waals surface area (Å²) in [5.41, 5.74) is 0.111. The third-order valence-corrected chi connectivity index (χ3v) is 4.25. The summed E-state index contributed by atoms with van der Waals surface area (Å²) >= 11 is 0. The van der Waals surface area contributed by atoms with Crippen molar-refractivity contribution < 1.29 is 33.7 Å². The van der Waals surface area contributed by atoms with Gasteiger partial charge in [0.25, 0.3) is 0 Å². The maximum absolute atomic E-state index is 12.3. The normalized spacial score (nSPS) is 14.8. The lowest BCUT2D eigenvalue weighted by Crippen LogP contribution is -2.42. The van der Waals surface area contributed by atoms with E-state index in [4.69, 9.17) is 14.2 Å². The van der Waals surface area contributed by atoms with Crippen LogP contribution < -0.4 is 0 Å². The third-order valence-electron chi connectivity index (χ3n) is 4.25. The molecule has 0 aromatic heterocycles. The third kappa shape index (κ3) is 2.42. The predicted octanol–water partition coefficient (Wildman–Crippen LogP) is 0.918. The van der Waals surface area contributed by atoms with Crippen LogP contribution in [0, 0.1) is 12.3 Å². The van der Waals surface area contributed by atoms with E-state index in [2.05, 4.69) is 0 Å². The molecule has 7 nitrogen and oxygen atoms in total. The monoisotopic (exact) mass is 322 g/mol. The Morgan fingerprint density at radius 3 is 2.00 bits per heavy atom. The Balaban J connectivity index is 2.67. The molecule has 23 heavy (non-hydrogen) atoms. The molecule has 0 amide bonds. The summed E-state index contributed by atoms with van der Waals surface area (Å²) in [6.07, 6.45) is -0.0564. The van der Waals surface area contributed by atoms with Gasteiger partial charge >= 0.3 is 17.9 Å². The minimum absolute atomic E-state index is 0.0391. The molecule has 1 aliphatic carbocycles. The molecule has 2 rings (SSSR count). The molecule has 1 aliphatic rings. The van der Waals surface area contributed by atoms with Crippen LogP contribution in [-0.2, 0) is 36.6 Å². The zero-order valence-electron chi connectivity index (χ0n) is 13.4. The molecular formula is C16H18O7. The number of hydrogen-bond acceptors (Lipinski definition) is 7. The number of carbonyl (C=O) groups excluding carboxylic acids is 3. The van der Waals surface area contributed by atoms with Crippen LogP contribution in [-0.4, -0.2) is 44.3 Å². The van der Waals surface area contributed by atoms with Crippen molar-refractivity contribution in [1.82, 2.24) is 0 Å². The highest BCUT2D eigenvalue weighted by atomic mass is 16.5. The number of phenols is 1. The average molecular weight is 322 g/mol. The predicted molar refractivity (Wildman–Crippen MR) is 78.1 cm³/mol. The van der Waals surface area contributed by atoms with Crippen molar-refractivity contribution in [1.29, 1.82) is 0 Å². The molecule has 1 aromatic carbocycles. The van der Waals surface area contributed by atoms with E-state index in [1.54, 1.807) is 6.92 Å². The van der Waals surface area contributed by atoms with Crippen LogP contribution in [0.4, 0.5) is 0 Å². The summed E-state index contributed by atoms with van der Waals surface area (Å²) in [4.78, 5) is 36.5. The first-order valence-electron chi connectivity index (χ1n) is 6.91. The Kier molecular flexibility index (Phi) is 4.31. The smallest absolute Gasteiger partial charge is 0.341 e. The van der Waals surface area contributed by atoms with Gasteiger partial charge in [0.05, 0.1) is 21.3 Å². The first-order chi connectivity index (χ1) is 10.8. The number of esters is 3. The number of hydrogen-bond donors (Lipinski definition) is 1. The van der Waals surface area contributed by atoms with Crippen molar-refractivity contribution in [3.63, 3.8) is 0 Å². The van der Waals surface area contributed by atoms with Crippen molar-refractivity contribution in [3.05, 3.63) is 28.3 Å². The molecule has 0 aliphatic heterocycles. The molecule has 0 bridgehead atoms. The van der Waals surface area contributed by atoms with Gasteiger partial charge in [0.15, 0.2) is 5.41 Å². The van der Waals surface area contributed by atoms with Crippen molar-refractivity contribution in [3.8, 4) is 5.75 Å². The van der Waals surface area contributed by atoms with Gasteiger partial charge in [0.1, 0.15) is 11.3 Å². The van der Waals surface area contributed by atoms with Gasteiger partial charge in [-0.05, 0) is 29.7 Å². The van der Waals surface area contributed by atoms with Gasteiger partial charge in [-0.3, -0.25) is 9.59 Å². The van der Waals surface area contributed by atoms with Gasteiger partial charge in [-0.15, -0.1) is 0 Å². The molecular weight excluding hydrogens is 304 g/mol. The number of fused-ring (bicyclic) bond motifs is 1. The van der Waals surface area contributed by atoms with Crippen LogP contribution in [0.2, 0.25) is 0 Å². The highest BCUT2D eigenvalue weighted by Crippen LogP contribution is 2.44.